The van der Waals surface area contributed by atoms with Crippen LogP contribution in [0.3, 0.4) is 0 Å². The molecule has 2 fully saturated rings. The number of rotatable bonds is 5. The second kappa shape index (κ2) is 9.32. The molecule has 5 nitrogen and oxygen atoms in total. The molecule has 1 aliphatic heterocycles. The van der Waals surface area contributed by atoms with Gasteiger partial charge in [0.15, 0.2) is 11.5 Å². The fourth-order valence-electron chi connectivity index (χ4n) is 3.69. The largest absolute Gasteiger partial charge is 0.493 e. The first kappa shape index (κ1) is 21.1. The lowest BCUT2D eigenvalue weighted by Crippen LogP contribution is -2.39. The van der Waals surface area contributed by atoms with Gasteiger partial charge in [-0.3, -0.25) is 9.69 Å². The second-order valence-electron chi connectivity index (χ2n) is 7.12. The lowest BCUT2D eigenvalue weighted by Gasteiger charge is -2.29. The minimum atomic E-state index is -0.426. The van der Waals surface area contributed by atoms with Crippen LogP contribution >= 0.6 is 35.3 Å². The number of methoxy groups -OCH3 is 1. The number of nitrogens with zero attached hydrogens (tertiary/aromatic N) is 1. The van der Waals surface area contributed by atoms with Gasteiger partial charge in [0.05, 0.1) is 12.0 Å². The van der Waals surface area contributed by atoms with Crippen molar-refractivity contribution < 1.29 is 19.1 Å². The van der Waals surface area contributed by atoms with Crippen molar-refractivity contribution in [3.63, 3.8) is 0 Å². The minimum Gasteiger partial charge on any atom is -0.493 e. The Morgan fingerprint density at radius 2 is 2.00 bits per heavy atom. The van der Waals surface area contributed by atoms with E-state index in [-0.39, 0.29) is 11.9 Å². The molecule has 1 amide bonds. The first-order valence-corrected chi connectivity index (χ1v) is 11.9. The van der Waals surface area contributed by atoms with E-state index in [2.05, 4.69) is 0 Å². The zero-order valence-electron chi connectivity index (χ0n) is 16.5. The number of thiophene rings is 1. The summed E-state index contributed by atoms with van der Waals surface area (Å²) in [6, 6.07) is 8.95. The van der Waals surface area contributed by atoms with Crippen LogP contribution in [0.1, 0.15) is 47.3 Å². The number of thiocarbonyl (C=S) groups is 1. The molecule has 0 radical (unpaired) electrons. The highest BCUT2D eigenvalue weighted by Crippen LogP contribution is 2.38. The Hall–Kier alpha value is -2.16. The van der Waals surface area contributed by atoms with E-state index in [0.717, 1.165) is 31.2 Å². The number of hydrogen-bond acceptors (Lipinski definition) is 7. The van der Waals surface area contributed by atoms with Gasteiger partial charge in [0.1, 0.15) is 9.20 Å². The molecule has 2 aromatic rings. The fraction of sp³-hybridized carbons (Fsp3) is 0.318. The molecule has 156 valence electrons. The van der Waals surface area contributed by atoms with E-state index >= 15 is 0 Å². The van der Waals surface area contributed by atoms with Crippen molar-refractivity contribution in [1.82, 2.24) is 4.90 Å². The maximum atomic E-state index is 13.0. The molecule has 1 aromatic carbocycles. The topological polar surface area (TPSA) is 55.8 Å². The molecular formula is C22H21NO4S3. The Labute approximate surface area is 189 Å². The molecule has 1 aliphatic carbocycles. The summed E-state index contributed by atoms with van der Waals surface area (Å²) in [4.78, 5) is 28.1. The minimum absolute atomic E-state index is 0.0240. The third kappa shape index (κ3) is 4.45. The van der Waals surface area contributed by atoms with Crippen molar-refractivity contribution in [1.29, 1.82) is 0 Å². The van der Waals surface area contributed by atoms with Crippen LogP contribution in [0.2, 0.25) is 0 Å². The van der Waals surface area contributed by atoms with Gasteiger partial charge in [-0.15, -0.1) is 11.3 Å². The van der Waals surface area contributed by atoms with E-state index in [1.165, 1.54) is 36.6 Å². The van der Waals surface area contributed by atoms with Crippen molar-refractivity contribution in [2.75, 3.05) is 7.11 Å². The van der Waals surface area contributed by atoms with Crippen molar-refractivity contribution in [2.24, 2.45) is 0 Å². The average molecular weight is 460 g/mol. The van der Waals surface area contributed by atoms with Gasteiger partial charge < -0.3 is 9.47 Å². The van der Waals surface area contributed by atoms with E-state index in [4.69, 9.17) is 21.7 Å². The van der Waals surface area contributed by atoms with Gasteiger partial charge >= 0.3 is 5.97 Å². The molecule has 4 rings (SSSR count). The molecule has 2 aliphatic rings. The quantitative estimate of drug-likeness (QED) is 0.254. The summed E-state index contributed by atoms with van der Waals surface area (Å²) in [7, 11) is 1.52. The molecule has 8 heteroatoms. The number of ether oxygens (including phenoxy) is 2. The van der Waals surface area contributed by atoms with E-state index in [0.29, 0.717) is 25.6 Å². The average Bonchev–Trinajstić information content (AvgIpc) is 3.38. The van der Waals surface area contributed by atoms with Gasteiger partial charge in [-0.05, 0) is 48.1 Å². The summed E-state index contributed by atoms with van der Waals surface area (Å²) in [5, 5.41) is 1.82. The normalized spacial score (nSPS) is 18.8. The summed E-state index contributed by atoms with van der Waals surface area (Å²) in [5.41, 5.74) is 0.784. The van der Waals surface area contributed by atoms with Gasteiger partial charge in [0, 0.05) is 6.04 Å². The fourth-order valence-corrected chi connectivity index (χ4v) is 5.69. The third-order valence-electron chi connectivity index (χ3n) is 5.17. The van der Waals surface area contributed by atoms with Crippen LogP contribution in [0.15, 0.2) is 40.6 Å². The number of amides is 1. The molecule has 0 bridgehead atoms. The molecule has 1 aromatic heterocycles. The van der Waals surface area contributed by atoms with Crippen molar-refractivity contribution in [3.05, 3.63) is 51.1 Å². The van der Waals surface area contributed by atoms with Crippen LogP contribution in [0, 0.1) is 0 Å². The number of carbonyl (C=O) groups excluding carboxylic acids is 2. The molecule has 0 unspecified atom stereocenters. The Kier molecular flexibility index (Phi) is 6.55. The molecular weight excluding hydrogens is 438 g/mol. The van der Waals surface area contributed by atoms with Gasteiger partial charge in [0.25, 0.3) is 5.91 Å². The number of hydrogen-bond donors (Lipinski definition) is 0. The molecule has 30 heavy (non-hydrogen) atoms. The Bertz CT molecular complexity index is 994. The first-order chi connectivity index (χ1) is 14.6. The van der Waals surface area contributed by atoms with E-state index in [1.807, 2.05) is 11.5 Å². The number of carbonyl (C=O) groups is 2. The van der Waals surface area contributed by atoms with Crippen LogP contribution in [0.5, 0.6) is 11.5 Å². The highest BCUT2D eigenvalue weighted by atomic mass is 32.2. The maximum absolute atomic E-state index is 13.0. The lowest BCUT2D eigenvalue weighted by atomic mass is 9.94. The predicted molar refractivity (Wildman–Crippen MR) is 124 cm³/mol. The Morgan fingerprint density at radius 3 is 2.70 bits per heavy atom. The van der Waals surface area contributed by atoms with E-state index in [1.54, 1.807) is 35.2 Å². The summed E-state index contributed by atoms with van der Waals surface area (Å²) < 4.78 is 11.5. The smallest absolute Gasteiger partial charge is 0.353 e. The van der Waals surface area contributed by atoms with Crippen LogP contribution < -0.4 is 9.47 Å². The number of esters is 1. The van der Waals surface area contributed by atoms with Gasteiger partial charge in [-0.25, -0.2) is 4.79 Å². The van der Waals surface area contributed by atoms with Gasteiger partial charge in [0.2, 0.25) is 0 Å². The first-order valence-electron chi connectivity index (χ1n) is 9.77. The van der Waals surface area contributed by atoms with E-state index in [9.17, 15) is 9.59 Å². The van der Waals surface area contributed by atoms with Gasteiger partial charge in [-0.2, -0.15) is 0 Å². The SMILES string of the molecule is COc1cc(C=C2SC(=S)N(C3CCCCC3)C2=O)ccc1OC(=O)c1cccs1. The van der Waals surface area contributed by atoms with Crippen molar-refractivity contribution >= 4 is 57.6 Å². The van der Waals surface area contributed by atoms with E-state index < -0.39 is 5.97 Å². The number of thioether (sulfide) groups is 1. The molecule has 0 atom stereocenters. The van der Waals surface area contributed by atoms with Crippen LogP contribution in [0.25, 0.3) is 6.08 Å². The van der Waals surface area contributed by atoms with Crippen molar-refractivity contribution in [3.8, 4) is 11.5 Å². The second-order valence-corrected chi connectivity index (χ2v) is 9.74. The van der Waals surface area contributed by atoms with Crippen molar-refractivity contribution in [2.45, 2.75) is 38.1 Å². The van der Waals surface area contributed by atoms with Crippen LogP contribution in [-0.2, 0) is 4.79 Å². The lowest BCUT2D eigenvalue weighted by molar-refractivity contribution is -0.124. The summed E-state index contributed by atoms with van der Waals surface area (Å²) in [6.45, 7) is 0. The zero-order valence-corrected chi connectivity index (χ0v) is 18.9. The highest BCUT2D eigenvalue weighted by Gasteiger charge is 2.37. The predicted octanol–water partition coefficient (Wildman–Crippen LogP) is 5.51. The molecule has 1 saturated heterocycles. The van der Waals surface area contributed by atoms with Crippen LogP contribution in [0.4, 0.5) is 0 Å². The monoisotopic (exact) mass is 459 g/mol. The van der Waals surface area contributed by atoms with Crippen LogP contribution in [-0.4, -0.2) is 34.2 Å². The molecule has 2 heterocycles. The summed E-state index contributed by atoms with van der Waals surface area (Å²) >= 11 is 8.15. The Balaban J connectivity index is 1.52. The zero-order chi connectivity index (χ0) is 21.1. The molecule has 0 N–H and O–H groups in total. The number of benzene rings is 1. The summed E-state index contributed by atoms with van der Waals surface area (Å²) in [5.74, 6) is 0.313. The molecule has 1 saturated carbocycles. The third-order valence-corrected chi connectivity index (χ3v) is 7.35. The molecule has 0 spiro atoms. The summed E-state index contributed by atoms with van der Waals surface area (Å²) in [6.07, 6.45) is 7.35. The van der Waals surface area contributed by atoms with Gasteiger partial charge in [-0.1, -0.05) is 55.4 Å². The Morgan fingerprint density at radius 1 is 1.20 bits per heavy atom. The maximum Gasteiger partial charge on any atom is 0.353 e. The standard InChI is InChI=1S/C22H21NO4S3/c1-26-17-12-14(9-10-16(17)27-21(25)18-8-5-11-29-18)13-19-20(24)23(22(28)30-19)15-6-3-2-4-7-15/h5,8-13,15H,2-4,6-7H2,1H3. The highest BCUT2D eigenvalue weighted by molar-refractivity contribution is 8.26.